The zero-order chi connectivity index (χ0) is 12.4. The first-order valence-electron chi connectivity index (χ1n) is 4.69. The molecule has 0 unspecified atom stereocenters. The molecule has 0 atom stereocenters. The van der Waals surface area contributed by atoms with E-state index in [0.717, 1.165) is 10.2 Å². The number of halogens is 3. The molecule has 0 saturated heterocycles. The highest BCUT2D eigenvalue weighted by Crippen LogP contribution is 2.30. The molecule has 88 valence electrons. The van der Waals surface area contributed by atoms with E-state index in [1.807, 2.05) is 12.1 Å². The Morgan fingerprint density at radius 1 is 1.24 bits per heavy atom. The molecule has 0 radical (unpaired) electrons. The third-order valence-electron chi connectivity index (χ3n) is 2.07. The molecule has 0 spiro atoms. The highest BCUT2D eigenvalue weighted by atomic mass is 79.9. The first kappa shape index (κ1) is 12.5. The number of rotatable bonds is 2. The van der Waals surface area contributed by atoms with E-state index in [-0.39, 0.29) is 0 Å². The van der Waals surface area contributed by atoms with Gasteiger partial charge in [0.05, 0.1) is 21.4 Å². The molecule has 0 amide bonds. The smallest absolute Gasteiger partial charge is 0.153 e. The van der Waals surface area contributed by atoms with Gasteiger partial charge in [-0.25, -0.2) is 4.98 Å². The molecule has 0 aliphatic heterocycles. The molecular weight excluding hydrogens is 325 g/mol. The molecular formula is C11H8BrCl2N3. The summed E-state index contributed by atoms with van der Waals surface area (Å²) in [6.07, 6.45) is 1.52. The average molecular weight is 333 g/mol. The molecule has 3 N–H and O–H groups in total. The molecule has 6 heteroatoms. The van der Waals surface area contributed by atoms with Gasteiger partial charge in [0.25, 0.3) is 0 Å². The Kier molecular flexibility index (Phi) is 3.76. The van der Waals surface area contributed by atoms with Crippen molar-refractivity contribution in [3.8, 4) is 0 Å². The number of nitrogens with zero attached hydrogens (tertiary/aromatic N) is 1. The number of pyridine rings is 1. The lowest BCUT2D eigenvalue weighted by molar-refractivity contribution is 1.31. The van der Waals surface area contributed by atoms with E-state index in [4.69, 9.17) is 28.9 Å². The summed E-state index contributed by atoms with van der Waals surface area (Å²) in [6, 6.07) is 7.13. The van der Waals surface area contributed by atoms with E-state index < -0.39 is 0 Å². The van der Waals surface area contributed by atoms with Crippen LogP contribution in [0.25, 0.3) is 0 Å². The summed E-state index contributed by atoms with van der Waals surface area (Å²) in [5.41, 5.74) is 6.99. The third kappa shape index (κ3) is 3.03. The third-order valence-corrected chi connectivity index (χ3v) is 3.08. The number of hydrogen-bond donors (Lipinski definition) is 2. The van der Waals surface area contributed by atoms with Crippen molar-refractivity contribution in [2.45, 2.75) is 0 Å². The van der Waals surface area contributed by atoms with Gasteiger partial charge < -0.3 is 11.1 Å². The van der Waals surface area contributed by atoms with E-state index in [1.54, 1.807) is 12.1 Å². The van der Waals surface area contributed by atoms with Gasteiger partial charge in [0, 0.05) is 10.7 Å². The summed E-state index contributed by atoms with van der Waals surface area (Å²) in [4.78, 5) is 4.10. The van der Waals surface area contributed by atoms with Crippen molar-refractivity contribution >= 4 is 56.3 Å². The summed E-state index contributed by atoms with van der Waals surface area (Å²) in [6.45, 7) is 0. The van der Waals surface area contributed by atoms with E-state index in [0.29, 0.717) is 21.6 Å². The van der Waals surface area contributed by atoms with Gasteiger partial charge in [-0.15, -0.1) is 0 Å². The fourth-order valence-electron chi connectivity index (χ4n) is 1.28. The minimum atomic E-state index is 0.469. The van der Waals surface area contributed by atoms with Crippen LogP contribution >= 0.6 is 39.1 Å². The molecule has 1 aromatic heterocycles. The highest BCUT2D eigenvalue weighted by Gasteiger charge is 2.05. The van der Waals surface area contributed by atoms with Crippen LogP contribution in [-0.4, -0.2) is 4.98 Å². The number of aromatic nitrogens is 1. The second-order valence-corrected chi connectivity index (χ2v) is 5.10. The van der Waals surface area contributed by atoms with Gasteiger partial charge in [0.15, 0.2) is 5.82 Å². The number of hydrogen-bond acceptors (Lipinski definition) is 3. The molecule has 0 saturated carbocycles. The minimum absolute atomic E-state index is 0.469. The number of nitrogen functional groups attached to an aromatic ring is 1. The molecule has 3 nitrogen and oxygen atoms in total. The van der Waals surface area contributed by atoms with Crippen LogP contribution in [0, 0.1) is 0 Å². The standard InChI is InChI=1S/C11H8BrCl2N3/c12-6-1-2-10(8(14)3-6)17-11-9(15)4-7(13)5-16-11/h1-5H,15H2,(H,16,17). The van der Waals surface area contributed by atoms with Gasteiger partial charge in [0.1, 0.15) is 0 Å². The number of nitrogens with one attached hydrogen (secondary N) is 1. The highest BCUT2D eigenvalue weighted by molar-refractivity contribution is 9.10. The van der Waals surface area contributed by atoms with Crippen LogP contribution in [0.2, 0.25) is 10.0 Å². The lowest BCUT2D eigenvalue weighted by Crippen LogP contribution is -1.99. The van der Waals surface area contributed by atoms with Gasteiger partial charge in [-0.1, -0.05) is 39.1 Å². The molecule has 1 heterocycles. The van der Waals surface area contributed by atoms with Crippen molar-refractivity contribution < 1.29 is 0 Å². The van der Waals surface area contributed by atoms with Crippen LogP contribution in [0.4, 0.5) is 17.2 Å². The van der Waals surface area contributed by atoms with Crippen molar-refractivity contribution in [3.63, 3.8) is 0 Å². The molecule has 1 aromatic carbocycles. The van der Waals surface area contributed by atoms with Crippen molar-refractivity contribution in [2.75, 3.05) is 11.1 Å². The van der Waals surface area contributed by atoms with Crippen molar-refractivity contribution in [3.05, 3.63) is 45.0 Å². The first-order chi connectivity index (χ1) is 8.06. The average Bonchev–Trinajstić information content (AvgIpc) is 2.25. The fraction of sp³-hybridized carbons (Fsp3) is 0. The second-order valence-electron chi connectivity index (χ2n) is 3.34. The maximum Gasteiger partial charge on any atom is 0.153 e. The summed E-state index contributed by atoms with van der Waals surface area (Å²) in [5, 5.41) is 4.12. The van der Waals surface area contributed by atoms with E-state index in [1.165, 1.54) is 6.20 Å². The summed E-state index contributed by atoms with van der Waals surface area (Å²) in [5.74, 6) is 0.527. The summed E-state index contributed by atoms with van der Waals surface area (Å²) >= 11 is 15.2. The fourth-order valence-corrected chi connectivity index (χ4v) is 2.16. The van der Waals surface area contributed by atoms with Gasteiger partial charge in [-0.2, -0.15) is 0 Å². The Balaban J connectivity index is 2.31. The van der Waals surface area contributed by atoms with Gasteiger partial charge in [-0.3, -0.25) is 0 Å². The van der Waals surface area contributed by atoms with Crippen LogP contribution in [0.1, 0.15) is 0 Å². The van der Waals surface area contributed by atoms with Crippen LogP contribution in [-0.2, 0) is 0 Å². The number of benzene rings is 1. The second kappa shape index (κ2) is 5.12. The van der Waals surface area contributed by atoms with Crippen LogP contribution < -0.4 is 11.1 Å². The molecule has 0 bridgehead atoms. The Morgan fingerprint density at radius 3 is 2.65 bits per heavy atom. The number of nitrogens with two attached hydrogens (primary N) is 1. The van der Waals surface area contributed by atoms with Crippen molar-refractivity contribution in [2.24, 2.45) is 0 Å². The Bertz CT molecular complexity index is 511. The van der Waals surface area contributed by atoms with Gasteiger partial charge in [-0.05, 0) is 24.3 Å². The summed E-state index contributed by atoms with van der Waals surface area (Å²) < 4.78 is 0.907. The largest absolute Gasteiger partial charge is 0.396 e. The topological polar surface area (TPSA) is 50.9 Å². The van der Waals surface area contributed by atoms with Gasteiger partial charge >= 0.3 is 0 Å². The predicted octanol–water partition coefficient (Wildman–Crippen LogP) is 4.48. The normalized spacial score (nSPS) is 10.3. The maximum absolute atomic E-state index is 6.08. The maximum atomic E-state index is 6.08. The minimum Gasteiger partial charge on any atom is -0.396 e. The Morgan fingerprint density at radius 2 is 2.00 bits per heavy atom. The SMILES string of the molecule is Nc1cc(Cl)cnc1Nc1ccc(Br)cc1Cl. The van der Waals surface area contributed by atoms with Gasteiger partial charge in [0.2, 0.25) is 0 Å². The number of anilines is 3. The van der Waals surface area contributed by atoms with E-state index in [9.17, 15) is 0 Å². The van der Waals surface area contributed by atoms with Crippen LogP contribution in [0.5, 0.6) is 0 Å². The van der Waals surface area contributed by atoms with Crippen LogP contribution in [0.3, 0.4) is 0 Å². The first-order valence-corrected chi connectivity index (χ1v) is 6.24. The molecule has 2 aromatic rings. The van der Waals surface area contributed by atoms with Crippen molar-refractivity contribution in [1.29, 1.82) is 0 Å². The predicted molar refractivity (Wildman–Crippen MR) is 76.1 cm³/mol. The molecule has 2 rings (SSSR count). The lowest BCUT2D eigenvalue weighted by atomic mass is 10.3. The molecule has 17 heavy (non-hydrogen) atoms. The van der Waals surface area contributed by atoms with E-state index >= 15 is 0 Å². The van der Waals surface area contributed by atoms with Crippen LogP contribution in [0.15, 0.2) is 34.9 Å². The Labute approximate surface area is 117 Å². The zero-order valence-corrected chi connectivity index (χ0v) is 11.6. The quantitative estimate of drug-likeness (QED) is 0.852. The van der Waals surface area contributed by atoms with Crippen molar-refractivity contribution in [1.82, 2.24) is 4.98 Å². The molecule has 0 fully saturated rings. The molecule has 0 aliphatic carbocycles. The van der Waals surface area contributed by atoms with E-state index in [2.05, 4.69) is 26.2 Å². The summed E-state index contributed by atoms with van der Waals surface area (Å²) in [7, 11) is 0. The molecule has 0 aliphatic rings. The Hall–Kier alpha value is -0.970. The monoisotopic (exact) mass is 331 g/mol. The lowest BCUT2D eigenvalue weighted by Gasteiger charge is -2.10. The zero-order valence-electron chi connectivity index (χ0n) is 8.55.